The summed E-state index contributed by atoms with van der Waals surface area (Å²) in [4.78, 5) is 28.7. The minimum Gasteiger partial charge on any atom is -0.467 e. The maximum Gasteiger partial charge on any atom is 0.331 e. The van der Waals surface area contributed by atoms with Gasteiger partial charge in [-0.2, -0.15) is 0 Å². The molecule has 0 fully saturated rings. The number of benzene rings is 2. The van der Waals surface area contributed by atoms with Crippen molar-refractivity contribution >= 4 is 28.7 Å². The molecular weight excluding hydrogens is 386 g/mol. The molecule has 0 aromatic heterocycles. The molecule has 0 bridgehead atoms. The molecule has 1 aliphatic heterocycles. The van der Waals surface area contributed by atoms with Crippen LogP contribution in [0.4, 0.5) is 8.78 Å². The van der Waals surface area contributed by atoms with Crippen molar-refractivity contribution < 1.29 is 23.1 Å². The lowest BCUT2D eigenvalue weighted by Crippen LogP contribution is -2.33. The maximum atomic E-state index is 13.4. The number of carbonyl (C=O) groups is 2. The van der Waals surface area contributed by atoms with Crippen molar-refractivity contribution in [3.05, 3.63) is 71.3 Å². The number of aliphatic imine (C=N–C) groups is 1. The van der Waals surface area contributed by atoms with Crippen LogP contribution in [0.15, 0.2) is 53.5 Å². The molecule has 28 heavy (non-hydrogen) atoms. The SMILES string of the molecule is COC(=O)[C@H]1CSC(C(NC(=O)Cc2cc(F)cc(F)c2)c2ccccc2)=N1. The van der Waals surface area contributed by atoms with Crippen LogP contribution in [-0.4, -0.2) is 35.8 Å². The first kappa shape index (κ1) is 20.0. The highest BCUT2D eigenvalue weighted by Gasteiger charge is 2.31. The Balaban J connectivity index is 1.80. The van der Waals surface area contributed by atoms with E-state index < -0.39 is 35.6 Å². The third-order valence-electron chi connectivity index (χ3n) is 4.12. The van der Waals surface area contributed by atoms with E-state index in [1.165, 1.54) is 18.9 Å². The second-order valence-electron chi connectivity index (χ2n) is 6.18. The monoisotopic (exact) mass is 404 g/mol. The molecule has 0 saturated heterocycles. The number of hydrogen-bond donors (Lipinski definition) is 1. The average Bonchev–Trinajstić information content (AvgIpc) is 3.15. The van der Waals surface area contributed by atoms with Gasteiger partial charge in [-0.3, -0.25) is 9.79 Å². The van der Waals surface area contributed by atoms with E-state index in [2.05, 4.69) is 10.3 Å². The Morgan fingerprint density at radius 3 is 2.54 bits per heavy atom. The number of halogens is 2. The lowest BCUT2D eigenvalue weighted by molar-refractivity contribution is -0.141. The molecule has 3 rings (SSSR count). The fourth-order valence-electron chi connectivity index (χ4n) is 2.85. The zero-order valence-electron chi connectivity index (χ0n) is 15.0. The van der Waals surface area contributed by atoms with Crippen LogP contribution in [0.5, 0.6) is 0 Å². The van der Waals surface area contributed by atoms with Gasteiger partial charge in [-0.15, -0.1) is 11.8 Å². The largest absolute Gasteiger partial charge is 0.467 e. The number of esters is 1. The van der Waals surface area contributed by atoms with Crippen LogP contribution < -0.4 is 5.32 Å². The Kier molecular flexibility index (Phi) is 6.41. The predicted molar refractivity (Wildman–Crippen MR) is 103 cm³/mol. The number of carbonyl (C=O) groups excluding carboxylic acids is 2. The molecule has 0 aliphatic carbocycles. The van der Waals surface area contributed by atoms with Gasteiger partial charge >= 0.3 is 5.97 Å². The van der Waals surface area contributed by atoms with Crippen molar-refractivity contribution in [2.75, 3.05) is 12.9 Å². The fourth-order valence-corrected chi connectivity index (χ4v) is 3.95. The van der Waals surface area contributed by atoms with Gasteiger partial charge in [0.05, 0.1) is 18.6 Å². The number of thioether (sulfide) groups is 1. The van der Waals surface area contributed by atoms with Crippen LogP contribution in [0, 0.1) is 11.6 Å². The molecular formula is C20H18F2N2O3S. The molecule has 1 unspecified atom stereocenters. The van der Waals surface area contributed by atoms with Gasteiger partial charge < -0.3 is 10.1 Å². The second kappa shape index (κ2) is 8.97. The van der Waals surface area contributed by atoms with Crippen LogP contribution in [0.25, 0.3) is 0 Å². The normalized spacial score (nSPS) is 17.0. The molecule has 1 N–H and O–H groups in total. The third kappa shape index (κ3) is 4.95. The summed E-state index contributed by atoms with van der Waals surface area (Å²) < 4.78 is 31.5. The van der Waals surface area contributed by atoms with Crippen molar-refractivity contribution in [3.63, 3.8) is 0 Å². The minimum absolute atomic E-state index is 0.184. The average molecular weight is 404 g/mol. The van der Waals surface area contributed by atoms with Crippen molar-refractivity contribution in [2.45, 2.75) is 18.5 Å². The Bertz CT molecular complexity index is 885. The molecule has 1 aliphatic rings. The van der Waals surface area contributed by atoms with Crippen LogP contribution in [-0.2, 0) is 20.7 Å². The van der Waals surface area contributed by atoms with Gasteiger partial charge in [0.1, 0.15) is 17.7 Å². The van der Waals surface area contributed by atoms with Crippen molar-refractivity contribution in [1.82, 2.24) is 5.32 Å². The van der Waals surface area contributed by atoms with Gasteiger partial charge in [-0.05, 0) is 23.3 Å². The number of nitrogens with one attached hydrogen (secondary N) is 1. The zero-order valence-corrected chi connectivity index (χ0v) is 15.8. The summed E-state index contributed by atoms with van der Waals surface area (Å²) in [5, 5.41) is 3.44. The number of hydrogen-bond acceptors (Lipinski definition) is 5. The molecule has 8 heteroatoms. The quantitative estimate of drug-likeness (QED) is 0.752. The van der Waals surface area contributed by atoms with Crippen molar-refractivity contribution in [1.29, 1.82) is 0 Å². The van der Waals surface area contributed by atoms with E-state index in [0.717, 1.165) is 23.8 Å². The van der Waals surface area contributed by atoms with Crippen LogP contribution >= 0.6 is 11.8 Å². The minimum atomic E-state index is -0.737. The number of rotatable bonds is 6. The Labute approximate surface area is 165 Å². The van der Waals surface area contributed by atoms with Crippen molar-refractivity contribution in [2.24, 2.45) is 4.99 Å². The first-order valence-corrected chi connectivity index (χ1v) is 9.52. The van der Waals surface area contributed by atoms with E-state index in [9.17, 15) is 18.4 Å². The summed E-state index contributed by atoms with van der Waals surface area (Å²) in [5.41, 5.74) is 1.02. The fraction of sp³-hybridized carbons (Fsp3) is 0.250. The molecule has 1 heterocycles. The highest BCUT2D eigenvalue weighted by atomic mass is 32.2. The lowest BCUT2D eigenvalue weighted by atomic mass is 10.1. The summed E-state index contributed by atoms with van der Waals surface area (Å²) >= 11 is 1.36. The van der Waals surface area contributed by atoms with E-state index >= 15 is 0 Å². The van der Waals surface area contributed by atoms with E-state index in [0.29, 0.717) is 10.8 Å². The van der Waals surface area contributed by atoms with E-state index in [1.807, 2.05) is 30.3 Å². The molecule has 1 amide bonds. The molecule has 2 aromatic rings. The molecule has 0 spiro atoms. The molecule has 5 nitrogen and oxygen atoms in total. The lowest BCUT2D eigenvalue weighted by Gasteiger charge is -2.19. The molecule has 0 saturated carbocycles. The summed E-state index contributed by atoms with van der Waals surface area (Å²) in [5.74, 6) is -1.89. The second-order valence-corrected chi connectivity index (χ2v) is 7.22. The maximum absolute atomic E-state index is 13.4. The van der Waals surface area contributed by atoms with Gasteiger partial charge in [-0.25, -0.2) is 13.6 Å². The van der Waals surface area contributed by atoms with E-state index in [4.69, 9.17) is 4.74 Å². The number of ether oxygens (including phenoxy) is 1. The Morgan fingerprint density at radius 2 is 1.89 bits per heavy atom. The highest BCUT2D eigenvalue weighted by molar-refractivity contribution is 8.14. The highest BCUT2D eigenvalue weighted by Crippen LogP contribution is 2.29. The van der Waals surface area contributed by atoms with Crippen LogP contribution in [0.2, 0.25) is 0 Å². The number of methoxy groups -OCH3 is 1. The van der Waals surface area contributed by atoms with E-state index in [-0.39, 0.29) is 12.0 Å². The molecule has 0 radical (unpaired) electrons. The van der Waals surface area contributed by atoms with Gasteiger partial charge in [0.2, 0.25) is 5.91 Å². The molecule has 2 aromatic carbocycles. The Hall–Kier alpha value is -2.74. The summed E-state index contributed by atoms with van der Waals surface area (Å²) in [7, 11) is 1.30. The first-order chi connectivity index (χ1) is 13.5. The smallest absolute Gasteiger partial charge is 0.331 e. The Morgan fingerprint density at radius 1 is 1.21 bits per heavy atom. The third-order valence-corrected chi connectivity index (χ3v) is 5.24. The van der Waals surface area contributed by atoms with Gasteiger partial charge in [0.15, 0.2) is 6.04 Å². The predicted octanol–water partition coefficient (Wildman–Crippen LogP) is 3.05. The van der Waals surface area contributed by atoms with Gasteiger partial charge in [0, 0.05) is 11.8 Å². The van der Waals surface area contributed by atoms with Crippen molar-refractivity contribution in [3.8, 4) is 0 Å². The van der Waals surface area contributed by atoms with Crippen LogP contribution in [0.3, 0.4) is 0 Å². The van der Waals surface area contributed by atoms with Gasteiger partial charge in [-0.1, -0.05) is 30.3 Å². The molecule has 2 atom stereocenters. The first-order valence-electron chi connectivity index (χ1n) is 8.54. The molecule has 146 valence electrons. The number of amides is 1. The summed E-state index contributed by atoms with van der Waals surface area (Å²) in [6.07, 6.45) is -0.184. The summed E-state index contributed by atoms with van der Waals surface area (Å²) in [6, 6.07) is 11.0. The van der Waals surface area contributed by atoms with Gasteiger partial charge in [0.25, 0.3) is 0 Å². The number of nitrogens with zero attached hydrogens (tertiary/aromatic N) is 1. The van der Waals surface area contributed by atoms with E-state index in [1.54, 1.807) is 0 Å². The topological polar surface area (TPSA) is 67.8 Å². The van der Waals surface area contributed by atoms with Crippen LogP contribution in [0.1, 0.15) is 17.2 Å². The summed E-state index contributed by atoms with van der Waals surface area (Å²) in [6.45, 7) is 0. The zero-order chi connectivity index (χ0) is 20.1. The standard InChI is InChI=1S/C20H18F2N2O3S/c1-27-20(26)16-11-28-19(23-16)18(13-5-3-2-4-6-13)24-17(25)9-12-7-14(21)10-15(22)8-12/h2-8,10,16,18H,9,11H2,1H3,(H,24,25)/t16-,18?/m1/s1.